The number of carbonyl (C=O) groups excluding carboxylic acids is 2. The third-order valence-electron chi connectivity index (χ3n) is 4.70. The monoisotopic (exact) mass is 444 g/mol. The standard InChI is InChI=1S/C24H20N4O3S/c1-16-21(23(31)25-14-17-8-4-2-5-9-17)32-24(26-16)28-15-18(12-13-20(28)29)22(30)27-19-10-6-3-7-11-19/h2-13,15H,14H2,1H3,(H,25,31)(H,27,30). The van der Waals surface area contributed by atoms with E-state index in [1.807, 2.05) is 48.5 Å². The van der Waals surface area contributed by atoms with Crippen molar-refractivity contribution in [2.24, 2.45) is 0 Å². The normalized spacial score (nSPS) is 10.5. The Morgan fingerprint density at radius 3 is 2.34 bits per heavy atom. The van der Waals surface area contributed by atoms with Gasteiger partial charge in [0.25, 0.3) is 17.4 Å². The van der Waals surface area contributed by atoms with E-state index in [0.29, 0.717) is 33.5 Å². The van der Waals surface area contributed by atoms with E-state index in [0.717, 1.165) is 16.9 Å². The molecule has 2 N–H and O–H groups in total. The summed E-state index contributed by atoms with van der Waals surface area (Å²) in [5.41, 5.74) is 2.11. The summed E-state index contributed by atoms with van der Waals surface area (Å²) in [7, 11) is 0. The number of nitrogens with zero attached hydrogens (tertiary/aromatic N) is 2. The minimum Gasteiger partial charge on any atom is -0.347 e. The fourth-order valence-corrected chi connectivity index (χ4v) is 4.01. The van der Waals surface area contributed by atoms with Gasteiger partial charge < -0.3 is 10.6 Å². The fourth-order valence-electron chi connectivity index (χ4n) is 3.05. The van der Waals surface area contributed by atoms with Gasteiger partial charge in [0.2, 0.25) is 0 Å². The molecule has 0 aliphatic carbocycles. The number of amides is 2. The average Bonchev–Trinajstić information content (AvgIpc) is 3.20. The molecule has 0 bridgehead atoms. The first-order valence-electron chi connectivity index (χ1n) is 9.90. The van der Waals surface area contributed by atoms with Crippen molar-refractivity contribution >= 4 is 28.8 Å². The van der Waals surface area contributed by atoms with E-state index in [1.165, 1.54) is 22.9 Å². The number of thiazole rings is 1. The smallest absolute Gasteiger partial charge is 0.263 e. The highest BCUT2D eigenvalue weighted by atomic mass is 32.1. The Labute approximate surface area is 188 Å². The van der Waals surface area contributed by atoms with Gasteiger partial charge in [-0.3, -0.25) is 19.0 Å². The number of hydrogen-bond acceptors (Lipinski definition) is 5. The van der Waals surface area contributed by atoms with Crippen molar-refractivity contribution in [2.45, 2.75) is 13.5 Å². The third kappa shape index (κ3) is 4.81. The number of hydrogen-bond donors (Lipinski definition) is 2. The lowest BCUT2D eigenvalue weighted by Gasteiger charge is -2.07. The molecule has 0 spiro atoms. The van der Waals surface area contributed by atoms with Crippen LogP contribution in [0.5, 0.6) is 0 Å². The van der Waals surface area contributed by atoms with E-state index in [2.05, 4.69) is 15.6 Å². The van der Waals surface area contributed by atoms with Gasteiger partial charge in [-0.2, -0.15) is 0 Å². The van der Waals surface area contributed by atoms with Crippen LogP contribution in [-0.2, 0) is 6.54 Å². The van der Waals surface area contributed by atoms with Gasteiger partial charge in [0, 0.05) is 24.5 Å². The molecular formula is C24H20N4O3S. The number of anilines is 1. The number of aromatic nitrogens is 2. The SMILES string of the molecule is Cc1nc(-n2cc(C(=O)Nc3ccccc3)ccc2=O)sc1C(=O)NCc1ccccc1. The molecule has 2 heterocycles. The highest BCUT2D eigenvalue weighted by molar-refractivity contribution is 7.16. The first-order valence-corrected chi connectivity index (χ1v) is 10.7. The molecule has 0 saturated heterocycles. The minimum atomic E-state index is -0.348. The van der Waals surface area contributed by atoms with Gasteiger partial charge in [-0.15, -0.1) is 0 Å². The molecule has 4 aromatic rings. The summed E-state index contributed by atoms with van der Waals surface area (Å²) in [5, 5.41) is 5.99. The summed E-state index contributed by atoms with van der Waals surface area (Å²) in [4.78, 5) is 42.5. The lowest BCUT2D eigenvalue weighted by molar-refractivity contribution is 0.0953. The zero-order chi connectivity index (χ0) is 22.5. The molecule has 0 saturated carbocycles. The molecule has 32 heavy (non-hydrogen) atoms. The van der Waals surface area contributed by atoms with E-state index >= 15 is 0 Å². The van der Waals surface area contributed by atoms with Crippen molar-refractivity contribution in [2.75, 3.05) is 5.32 Å². The van der Waals surface area contributed by atoms with Gasteiger partial charge in [0.15, 0.2) is 5.13 Å². The van der Waals surface area contributed by atoms with Crippen molar-refractivity contribution in [1.82, 2.24) is 14.9 Å². The van der Waals surface area contributed by atoms with Gasteiger partial charge in [-0.05, 0) is 30.7 Å². The quantitative estimate of drug-likeness (QED) is 0.473. The minimum absolute atomic E-state index is 0.263. The number of para-hydroxylation sites is 1. The van der Waals surface area contributed by atoms with Crippen LogP contribution in [0, 0.1) is 6.92 Å². The Balaban J connectivity index is 1.55. The number of benzene rings is 2. The van der Waals surface area contributed by atoms with Crippen LogP contribution in [0.4, 0.5) is 5.69 Å². The van der Waals surface area contributed by atoms with Crippen LogP contribution in [0.15, 0.2) is 83.8 Å². The van der Waals surface area contributed by atoms with Crippen LogP contribution in [0.1, 0.15) is 31.3 Å². The van der Waals surface area contributed by atoms with Crippen LogP contribution >= 0.6 is 11.3 Å². The molecule has 0 atom stereocenters. The Bertz CT molecular complexity index is 1310. The summed E-state index contributed by atoms with van der Waals surface area (Å²) in [6.45, 7) is 2.11. The third-order valence-corrected chi connectivity index (χ3v) is 5.85. The van der Waals surface area contributed by atoms with Crippen LogP contribution in [0.25, 0.3) is 5.13 Å². The molecule has 0 aliphatic heterocycles. The van der Waals surface area contributed by atoms with E-state index < -0.39 is 0 Å². The van der Waals surface area contributed by atoms with Crippen molar-refractivity contribution < 1.29 is 9.59 Å². The first kappa shape index (κ1) is 21.2. The van der Waals surface area contributed by atoms with E-state index in [-0.39, 0.29) is 17.4 Å². The maximum atomic E-state index is 12.7. The zero-order valence-corrected chi connectivity index (χ0v) is 18.1. The highest BCUT2D eigenvalue weighted by Crippen LogP contribution is 2.21. The lowest BCUT2D eigenvalue weighted by atomic mass is 10.2. The Kier molecular flexibility index (Phi) is 6.23. The van der Waals surface area contributed by atoms with Crippen molar-refractivity contribution in [3.05, 3.63) is 111 Å². The van der Waals surface area contributed by atoms with Crippen LogP contribution in [-0.4, -0.2) is 21.4 Å². The highest BCUT2D eigenvalue weighted by Gasteiger charge is 2.18. The zero-order valence-electron chi connectivity index (χ0n) is 17.2. The number of aryl methyl sites for hydroxylation is 1. The Hall–Kier alpha value is -4.04. The second kappa shape index (κ2) is 9.40. The molecule has 0 aliphatic rings. The van der Waals surface area contributed by atoms with Crippen molar-refractivity contribution in [3.8, 4) is 5.13 Å². The summed E-state index contributed by atoms with van der Waals surface area (Å²) in [5.74, 6) is -0.611. The molecule has 0 unspecified atom stereocenters. The maximum Gasteiger partial charge on any atom is 0.263 e. The topological polar surface area (TPSA) is 93.1 Å². The molecule has 2 aromatic heterocycles. The van der Waals surface area contributed by atoms with Crippen LogP contribution < -0.4 is 16.2 Å². The lowest BCUT2D eigenvalue weighted by Crippen LogP contribution is -2.22. The molecular weight excluding hydrogens is 424 g/mol. The molecule has 0 radical (unpaired) electrons. The van der Waals surface area contributed by atoms with Crippen molar-refractivity contribution in [1.29, 1.82) is 0 Å². The van der Waals surface area contributed by atoms with Crippen LogP contribution in [0.2, 0.25) is 0 Å². The molecule has 160 valence electrons. The first-order chi connectivity index (χ1) is 15.5. The van der Waals surface area contributed by atoms with E-state index in [9.17, 15) is 14.4 Å². The van der Waals surface area contributed by atoms with Gasteiger partial charge in [-0.1, -0.05) is 59.9 Å². The van der Waals surface area contributed by atoms with E-state index in [4.69, 9.17) is 0 Å². The largest absolute Gasteiger partial charge is 0.347 e. The van der Waals surface area contributed by atoms with Gasteiger partial charge in [-0.25, -0.2) is 4.98 Å². The van der Waals surface area contributed by atoms with E-state index in [1.54, 1.807) is 19.1 Å². The van der Waals surface area contributed by atoms with Gasteiger partial charge in [0.05, 0.1) is 11.3 Å². The average molecular weight is 445 g/mol. The maximum absolute atomic E-state index is 12.7. The fraction of sp³-hybridized carbons (Fsp3) is 0.0833. The molecule has 7 nitrogen and oxygen atoms in total. The van der Waals surface area contributed by atoms with Crippen molar-refractivity contribution in [3.63, 3.8) is 0 Å². The number of pyridine rings is 1. The summed E-state index contributed by atoms with van der Waals surface area (Å²) < 4.78 is 1.28. The molecule has 2 amide bonds. The number of carbonyl (C=O) groups is 2. The summed E-state index contributed by atoms with van der Waals surface area (Å²) in [6, 6.07) is 21.4. The predicted octanol–water partition coefficient (Wildman–Crippen LogP) is 3.78. The van der Waals surface area contributed by atoms with Crippen LogP contribution in [0.3, 0.4) is 0 Å². The molecule has 4 rings (SSSR count). The summed E-state index contributed by atoms with van der Waals surface area (Å²) in [6.07, 6.45) is 1.44. The molecule has 0 fully saturated rings. The Morgan fingerprint density at radius 1 is 0.938 bits per heavy atom. The van der Waals surface area contributed by atoms with Gasteiger partial charge in [0.1, 0.15) is 4.88 Å². The number of nitrogens with one attached hydrogen (secondary N) is 2. The molecule has 2 aromatic carbocycles. The Morgan fingerprint density at radius 2 is 1.62 bits per heavy atom. The second-order valence-corrected chi connectivity index (χ2v) is 8.00. The predicted molar refractivity (Wildman–Crippen MR) is 124 cm³/mol. The van der Waals surface area contributed by atoms with Gasteiger partial charge >= 0.3 is 0 Å². The second-order valence-electron chi connectivity index (χ2n) is 7.03. The summed E-state index contributed by atoms with van der Waals surface area (Å²) >= 11 is 1.10. The molecule has 8 heteroatoms. The number of rotatable bonds is 6.